The third kappa shape index (κ3) is 3.33. The summed E-state index contributed by atoms with van der Waals surface area (Å²) in [4.78, 5) is 14.7. The van der Waals surface area contributed by atoms with E-state index in [1.54, 1.807) is 0 Å². The van der Waals surface area contributed by atoms with Gasteiger partial charge in [-0.2, -0.15) is 0 Å². The van der Waals surface area contributed by atoms with Crippen LogP contribution in [0.5, 0.6) is 0 Å². The third-order valence-corrected chi connectivity index (χ3v) is 4.80. The molecule has 2 nitrogen and oxygen atoms in total. The van der Waals surface area contributed by atoms with Gasteiger partial charge in [0.05, 0.1) is 11.3 Å². The number of carbonyl (C=O) groups is 1. The number of hydrogen-bond acceptors (Lipinski definition) is 1. The van der Waals surface area contributed by atoms with Crippen molar-refractivity contribution in [1.29, 1.82) is 0 Å². The molecule has 0 radical (unpaired) electrons. The maximum Gasteiger partial charge on any atom is 0.259 e. The molecule has 20 heavy (non-hydrogen) atoms. The molecule has 0 atom stereocenters. The predicted molar refractivity (Wildman–Crippen MR) is 100 cm³/mol. The molecule has 0 saturated heterocycles. The molecule has 0 N–H and O–H groups in total. The highest BCUT2D eigenvalue weighted by Gasteiger charge is 2.23. The van der Waals surface area contributed by atoms with Crippen LogP contribution in [0.1, 0.15) is 24.2 Å². The summed E-state index contributed by atoms with van der Waals surface area (Å²) in [6.45, 7) is 4.08. The third-order valence-electron chi connectivity index (χ3n) is 2.95. The van der Waals surface area contributed by atoms with Gasteiger partial charge in [0, 0.05) is 13.2 Å². The minimum absolute atomic E-state index is 0.0501. The minimum atomic E-state index is 0.0501. The Kier molecular flexibility index (Phi) is 5.42. The van der Waals surface area contributed by atoms with Gasteiger partial charge in [-0.05, 0) is 83.3 Å². The summed E-state index contributed by atoms with van der Waals surface area (Å²) in [5, 5.41) is 0. The first-order valence-electron chi connectivity index (χ1n) is 6.35. The SMILES string of the molecule is CC(C)N(C(=O)c1ccccc1I)c1ccccc1I. The molecular weight excluding hydrogens is 476 g/mol. The Morgan fingerprint density at radius 3 is 2.05 bits per heavy atom. The van der Waals surface area contributed by atoms with E-state index in [0.29, 0.717) is 0 Å². The summed E-state index contributed by atoms with van der Waals surface area (Å²) in [5.74, 6) is 0.0501. The van der Waals surface area contributed by atoms with Gasteiger partial charge in [-0.25, -0.2) is 0 Å². The Balaban J connectivity index is 2.48. The lowest BCUT2D eigenvalue weighted by Gasteiger charge is -2.28. The molecule has 0 aliphatic rings. The smallest absolute Gasteiger partial charge is 0.259 e. The van der Waals surface area contributed by atoms with Gasteiger partial charge in [0.25, 0.3) is 5.91 Å². The number of amides is 1. The zero-order valence-electron chi connectivity index (χ0n) is 11.3. The normalized spacial score (nSPS) is 10.7. The van der Waals surface area contributed by atoms with E-state index in [2.05, 4.69) is 45.2 Å². The molecule has 0 heterocycles. The van der Waals surface area contributed by atoms with Crippen molar-refractivity contribution in [3.63, 3.8) is 0 Å². The predicted octanol–water partition coefficient (Wildman–Crippen LogP) is 4.95. The van der Waals surface area contributed by atoms with Gasteiger partial charge in [-0.1, -0.05) is 24.3 Å². The zero-order valence-corrected chi connectivity index (χ0v) is 15.6. The van der Waals surface area contributed by atoms with Crippen molar-refractivity contribution in [1.82, 2.24) is 0 Å². The Labute approximate surface area is 146 Å². The van der Waals surface area contributed by atoms with Gasteiger partial charge in [0.2, 0.25) is 0 Å². The number of hydrogen-bond donors (Lipinski definition) is 0. The molecule has 0 fully saturated rings. The fraction of sp³-hybridized carbons (Fsp3) is 0.188. The molecule has 0 aliphatic carbocycles. The first-order valence-corrected chi connectivity index (χ1v) is 8.50. The summed E-state index contributed by atoms with van der Waals surface area (Å²) in [6.07, 6.45) is 0. The van der Waals surface area contributed by atoms with E-state index in [-0.39, 0.29) is 11.9 Å². The van der Waals surface area contributed by atoms with E-state index in [1.165, 1.54) is 0 Å². The van der Waals surface area contributed by atoms with Crippen LogP contribution in [-0.4, -0.2) is 11.9 Å². The van der Waals surface area contributed by atoms with Crippen LogP contribution in [0.25, 0.3) is 0 Å². The number of benzene rings is 2. The van der Waals surface area contributed by atoms with E-state index in [4.69, 9.17) is 0 Å². The largest absolute Gasteiger partial charge is 0.305 e. The molecule has 2 aromatic rings. The van der Waals surface area contributed by atoms with E-state index >= 15 is 0 Å². The van der Waals surface area contributed by atoms with Crippen molar-refractivity contribution in [3.05, 3.63) is 61.2 Å². The number of anilines is 1. The van der Waals surface area contributed by atoms with Gasteiger partial charge >= 0.3 is 0 Å². The Morgan fingerprint density at radius 2 is 1.50 bits per heavy atom. The molecule has 1 amide bonds. The van der Waals surface area contributed by atoms with Gasteiger partial charge in [0.1, 0.15) is 0 Å². The van der Waals surface area contributed by atoms with E-state index in [0.717, 1.165) is 18.4 Å². The molecule has 0 saturated carbocycles. The fourth-order valence-corrected chi connectivity index (χ4v) is 3.30. The number of carbonyl (C=O) groups excluding carboxylic acids is 1. The van der Waals surface area contributed by atoms with Crippen LogP contribution in [0.15, 0.2) is 48.5 Å². The Bertz CT molecular complexity index is 625. The zero-order chi connectivity index (χ0) is 14.7. The quantitative estimate of drug-likeness (QED) is 0.557. The van der Waals surface area contributed by atoms with Gasteiger partial charge < -0.3 is 4.90 Å². The fourth-order valence-electron chi connectivity index (χ4n) is 2.03. The van der Waals surface area contributed by atoms with Crippen molar-refractivity contribution in [3.8, 4) is 0 Å². The molecule has 0 aliphatic heterocycles. The van der Waals surface area contributed by atoms with Crippen LogP contribution in [0, 0.1) is 7.14 Å². The van der Waals surface area contributed by atoms with Crippen LogP contribution < -0.4 is 4.90 Å². The monoisotopic (exact) mass is 491 g/mol. The number of nitrogens with zero attached hydrogens (tertiary/aromatic N) is 1. The van der Waals surface area contributed by atoms with Crippen LogP contribution in [0.3, 0.4) is 0 Å². The van der Waals surface area contributed by atoms with Crippen molar-refractivity contribution < 1.29 is 4.79 Å². The molecule has 0 spiro atoms. The lowest BCUT2D eigenvalue weighted by molar-refractivity contribution is 0.0979. The average molecular weight is 491 g/mol. The molecule has 4 heteroatoms. The lowest BCUT2D eigenvalue weighted by Crippen LogP contribution is -2.38. The lowest BCUT2D eigenvalue weighted by atomic mass is 10.1. The van der Waals surface area contributed by atoms with E-state index < -0.39 is 0 Å². The average Bonchev–Trinajstić information content (AvgIpc) is 2.41. The van der Waals surface area contributed by atoms with Crippen LogP contribution in [0.4, 0.5) is 5.69 Å². The first kappa shape index (κ1) is 15.8. The summed E-state index contributed by atoms with van der Waals surface area (Å²) in [5.41, 5.74) is 1.72. The molecule has 104 valence electrons. The molecule has 2 rings (SSSR count). The highest BCUT2D eigenvalue weighted by atomic mass is 127. The van der Waals surface area contributed by atoms with Crippen LogP contribution >= 0.6 is 45.2 Å². The Morgan fingerprint density at radius 1 is 0.950 bits per heavy atom. The van der Waals surface area contributed by atoms with Crippen molar-refractivity contribution in [2.24, 2.45) is 0 Å². The van der Waals surface area contributed by atoms with E-state index in [9.17, 15) is 4.79 Å². The van der Waals surface area contributed by atoms with Crippen molar-refractivity contribution in [2.75, 3.05) is 4.90 Å². The van der Waals surface area contributed by atoms with Crippen LogP contribution in [0.2, 0.25) is 0 Å². The highest BCUT2D eigenvalue weighted by molar-refractivity contribution is 14.1. The van der Waals surface area contributed by atoms with Gasteiger partial charge in [-0.15, -0.1) is 0 Å². The van der Waals surface area contributed by atoms with Gasteiger partial charge in [-0.3, -0.25) is 4.79 Å². The molecule has 0 aromatic heterocycles. The highest BCUT2D eigenvalue weighted by Crippen LogP contribution is 2.27. The van der Waals surface area contributed by atoms with Crippen LogP contribution in [-0.2, 0) is 0 Å². The second kappa shape index (κ2) is 6.89. The second-order valence-corrected chi connectivity index (χ2v) is 7.02. The Hall–Kier alpha value is -0.630. The summed E-state index contributed by atoms with van der Waals surface area (Å²) in [7, 11) is 0. The first-order chi connectivity index (χ1) is 9.52. The summed E-state index contributed by atoms with van der Waals surface area (Å²) < 4.78 is 2.06. The topological polar surface area (TPSA) is 20.3 Å². The second-order valence-electron chi connectivity index (χ2n) is 4.70. The standard InChI is InChI=1S/C16H15I2NO/c1-11(2)19(15-10-6-5-9-14(15)18)16(20)12-7-3-4-8-13(12)17/h3-11H,1-2H3. The minimum Gasteiger partial charge on any atom is -0.305 e. The molecule has 2 aromatic carbocycles. The molecule has 0 unspecified atom stereocenters. The number of para-hydroxylation sites is 1. The molecule has 0 bridgehead atoms. The number of halogens is 2. The van der Waals surface area contributed by atoms with Crippen molar-refractivity contribution >= 4 is 56.8 Å². The van der Waals surface area contributed by atoms with Gasteiger partial charge in [0.15, 0.2) is 0 Å². The maximum absolute atomic E-state index is 12.9. The van der Waals surface area contributed by atoms with Crippen molar-refractivity contribution in [2.45, 2.75) is 19.9 Å². The number of rotatable bonds is 3. The summed E-state index contributed by atoms with van der Waals surface area (Å²) >= 11 is 4.49. The van der Waals surface area contributed by atoms with E-state index in [1.807, 2.05) is 67.3 Å². The summed E-state index contributed by atoms with van der Waals surface area (Å²) in [6, 6.07) is 15.8. The maximum atomic E-state index is 12.9. The molecular formula is C16H15I2NO.